The van der Waals surface area contributed by atoms with E-state index in [-0.39, 0.29) is 5.41 Å². The van der Waals surface area contributed by atoms with E-state index in [1.165, 1.54) is 77.4 Å². The molecule has 2 nitrogen and oxygen atoms in total. The van der Waals surface area contributed by atoms with Crippen molar-refractivity contribution in [2.45, 2.75) is 19.3 Å². The fourth-order valence-corrected chi connectivity index (χ4v) is 9.63. The van der Waals surface area contributed by atoms with Crippen LogP contribution in [0.3, 0.4) is 0 Å². The topological polar surface area (TPSA) is 8.17 Å². The van der Waals surface area contributed by atoms with Crippen molar-refractivity contribution in [1.29, 1.82) is 0 Å². The second kappa shape index (κ2) is 13.9. The summed E-state index contributed by atoms with van der Waals surface area (Å²) in [5.74, 6) is 0. The third-order valence-electron chi connectivity index (χ3n) is 12.4. The van der Waals surface area contributed by atoms with Crippen LogP contribution in [0, 0.1) is 0 Å². The van der Waals surface area contributed by atoms with Crippen LogP contribution in [0.25, 0.3) is 72.0 Å². The largest absolute Gasteiger partial charge is 0.310 e. The maximum atomic E-state index is 2.48. The Hall–Kier alpha value is -7.42. The van der Waals surface area contributed by atoms with Gasteiger partial charge in [-0.2, -0.15) is 0 Å². The van der Waals surface area contributed by atoms with Crippen LogP contribution in [0.1, 0.15) is 25.0 Å². The molecule has 0 amide bonds. The summed E-state index contributed by atoms with van der Waals surface area (Å²) in [6.07, 6.45) is 0. The van der Waals surface area contributed by atoms with Crippen LogP contribution in [0.2, 0.25) is 0 Å². The number of aromatic nitrogens is 1. The lowest BCUT2D eigenvalue weighted by Gasteiger charge is -2.29. The number of anilines is 3. The normalized spacial score (nSPS) is 12.7. The van der Waals surface area contributed by atoms with Gasteiger partial charge >= 0.3 is 0 Å². The van der Waals surface area contributed by atoms with Gasteiger partial charge in [0.15, 0.2) is 0 Å². The molecule has 1 aliphatic rings. The van der Waals surface area contributed by atoms with E-state index in [1.54, 1.807) is 0 Å². The Morgan fingerprint density at radius 1 is 0.373 bits per heavy atom. The van der Waals surface area contributed by atoms with Crippen LogP contribution in [0.4, 0.5) is 17.1 Å². The molecule has 1 heterocycles. The summed E-state index contributed by atoms with van der Waals surface area (Å²) >= 11 is 0. The Bertz CT molecular complexity index is 3170. The van der Waals surface area contributed by atoms with E-state index >= 15 is 0 Å². The first-order valence-electron chi connectivity index (χ1n) is 20.5. The highest BCUT2D eigenvalue weighted by Gasteiger charge is 2.36. The Labute approximate surface area is 345 Å². The smallest absolute Gasteiger partial charge is 0.0562 e. The van der Waals surface area contributed by atoms with Gasteiger partial charge in [-0.15, -0.1) is 0 Å². The van der Waals surface area contributed by atoms with E-state index in [9.17, 15) is 0 Å². The predicted octanol–water partition coefficient (Wildman–Crippen LogP) is 15.6. The predicted molar refractivity (Wildman–Crippen MR) is 249 cm³/mol. The molecule has 0 saturated carbocycles. The fourth-order valence-electron chi connectivity index (χ4n) is 9.63. The zero-order valence-electron chi connectivity index (χ0n) is 33.2. The van der Waals surface area contributed by atoms with Crippen molar-refractivity contribution in [2.24, 2.45) is 0 Å². The summed E-state index contributed by atoms with van der Waals surface area (Å²) in [5, 5.41) is 2.43. The first-order chi connectivity index (χ1) is 29.1. The number of rotatable bonds is 7. The molecule has 0 saturated heterocycles. The molecule has 0 N–H and O–H groups in total. The molecule has 0 radical (unpaired) electrons. The second-order valence-corrected chi connectivity index (χ2v) is 16.1. The van der Waals surface area contributed by atoms with E-state index in [0.717, 1.165) is 22.7 Å². The molecule has 10 aromatic rings. The molecule has 9 aromatic carbocycles. The molecular weight excluding hydrogens is 713 g/mol. The summed E-state index contributed by atoms with van der Waals surface area (Å²) < 4.78 is 2.46. The van der Waals surface area contributed by atoms with Crippen molar-refractivity contribution < 1.29 is 0 Å². The van der Waals surface area contributed by atoms with Gasteiger partial charge in [-0.25, -0.2) is 0 Å². The fraction of sp³-hybridized carbons (Fsp3) is 0.0526. The molecule has 0 spiro atoms. The minimum Gasteiger partial charge on any atom is -0.310 e. The van der Waals surface area contributed by atoms with Gasteiger partial charge in [0.2, 0.25) is 0 Å². The lowest BCUT2D eigenvalue weighted by molar-refractivity contribution is 0.660. The number of benzene rings is 9. The molecule has 11 rings (SSSR count). The van der Waals surface area contributed by atoms with Gasteiger partial charge in [-0.3, -0.25) is 0 Å². The minimum atomic E-state index is -0.137. The highest BCUT2D eigenvalue weighted by atomic mass is 15.1. The van der Waals surface area contributed by atoms with Crippen molar-refractivity contribution in [3.63, 3.8) is 0 Å². The lowest BCUT2D eigenvalue weighted by atomic mass is 9.82. The number of hydrogen-bond donors (Lipinski definition) is 0. The number of fused-ring (bicyclic) bond motifs is 6. The first-order valence-corrected chi connectivity index (χ1v) is 20.5. The van der Waals surface area contributed by atoms with E-state index in [4.69, 9.17) is 0 Å². The second-order valence-electron chi connectivity index (χ2n) is 16.1. The molecule has 0 aliphatic heterocycles. The van der Waals surface area contributed by atoms with Gasteiger partial charge in [0, 0.05) is 33.1 Å². The molecule has 0 unspecified atom stereocenters. The molecule has 0 bridgehead atoms. The monoisotopic (exact) mass is 754 g/mol. The molecular formula is C57H42N2. The summed E-state index contributed by atoms with van der Waals surface area (Å²) in [6, 6.07) is 79.8. The zero-order valence-corrected chi connectivity index (χ0v) is 33.2. The van der Waals surface area contributed by atoms with E-state index in [1.807, 2.05) is 0 Å². The lowest BCUT2D eigenvalue weighted by Crippen LogP contribution is -2.16. The Balaban J connectivity index is 1.14. The Morgan fingerprint density at radius 3 is 1.63 bits per heavy atom. The molecule has 1 aliphatic carbocycles. The summed E-state index contributed by atoms with van der Waals surface area (Å²) in [4.78, 5) is 2.48. The van der Waals surface area contributed by atoms with Crippen LogP contribution in [-0.2, 0) is 5.41 Å². The van der Waals surface area contributed by atoms with Crippen molar-refractivity contribution >= 4 is 38.9 Å². The average Bonchev–Trinajstić information content (AvgIpc) is 3.76. The molecule has 0 atom stereocenters. The minimum absolute atomic E-state index is 0.137. The van der Waals surface area contributed by atoms with Crippen LogP contribution < -0.4 is 4.90 Å². The summed E-state index contributed by atoms with van der Waals surface area (Å²) in [7, 11) is 0. The van der Waals surface area contributed by atoms with Crippen LogP contribution in [0.15, 0.2) is 218 Å². The third kappa shape index (κ3) is 5.63. The number of nitrogens with zero attached hydrogens (tertiary/aromatic N) is 2. The molecule has 0 fully saturated rings. The Kier molecular flexibility index (Phi) is 8.20. The average molecular weight is 755 g/mol. The van der Waals surface area contributed by atoms with Crippen LogP contribution in [-0.4, -0.2) is 4.57 Å². The van der Waals surface area contributed by atoms with Gasteiger partial charge < -0.3 is 9.47 Å². The van der Waals surface area contributed by atoms with Crippen molar-refractivity contribution in [3.8, 4) is 50.2 Å². The van der Waals surface area contributed by atoms with Gasteiger partial charge in [0.1, 0.15) is 0 Å². The molecule has 1 aromatic heterocycles. The third-order valence-corrected chi connectivity index (χ3v) is 12.4. The van der Waals surface area contributed by atoms with Crippen molar-refractivity contribution in [2.75, 3.05) is 4.90 Å². The van der Waals surface area contributed by atoms with E-state index in [2.05, 4.69) is 242 Å². The highest BCUT2D eigenvalue weighted by Crippen LogP contribution is 2.52. The summed E-state index contributed by atoms with van der Waals surface area (Å²) in [6.45, 7) is 4.73. The van der Waals surface area contributed by atoms with E-state index < -0.39 is 0 Å². The molecule has 2 heteroatoms. The quantitative estimate of drug-likeness (QED) is 0.157. The van der Waals surface area contributed by atoms with Crippen molar-refractivity contribution in [1.82, 2.24) is 4.57 Å². The van der Waals surface area contributed by atoms with Gasteiger partial charge in [-0.05, 0) is 98.6 Å². The molecule has 59 heavy (non-hydrogen) atoms. The van der Waals surface area contributed by atoms with E-state index in [0.29, 0.717) is 0 Å². The SMILES string of the molecule is CC1(C)c2ccccc2-c2ccc(N(c3ccc(-c4ccccc4-c4ccccc4)cc3)c3cccc4c3c3ccccc3n4-c3ccccc3-c3ccccc3)cc21. The zero-order chi connectivity index (χ0) is 39.5. The van der Waals surface area contributed by atoms with Gasteiger partial charge in [0.05, 0.1) is 22.4 Å². The van der Waals surface area contributed by atoms with Crippen molar-refractivity contribution in [3.05, 3.63) is 230 Å². The van der Waals surface area contributed by atoms with Crippen LogP contribution in [0.5, 0.6) is 0 Å². The number of hydrogen-bond acceptors (Lipinski definition) is 1. The molecule has 280 valence electrons. The van der Waals surface area contributed by atoms with Crippen LogP contribution >= 0.6 is 0 Å². The standard InChI is InChI=1S/C57H42N2/c1-57(2)50-27-14-11-25-47(50)48-37-36-43(38-51(48)57)58(42-34-32-41(33-35-42)45-23-10-9-22-44(45)39-18-5-3-6-19-39)54-30-17-31-55-56(54)49-26-13-16-29-53(49)59(55)52-28-15-12-24-46(52)40-20-7-4-8-21-40/h3-38H,1-2H3. The van der Waals surface area contributed by atoms with Gasteiger partial charge in [-0.1, -0.05) is 184 Å². The Morgan fingerprint density at radius 2 is 0.898 bits per heavy atom. The first kappa shape index (κ1) is 34.8. The van der Waals surface area contributed by atoms with Gasteiger partial charge in [0.25, 0.3) is 0 Å². The highest BCUT2D eigenvalue weighted by molar-refractivity contribution is 6.17. The number of para-hydroxylation sites is 2. The maximum Gasteiger partial charge on any atom is 0.0562 e. The summed E-state index contributed by atoms with van der Waals surface area (Å²) in [5.41, 5.74) is 19.4. The maximum absolute atomic E-state index is 2.48.